The fraction of sp³-hybridized carbons (Fsp3) is 0.524. The van der Waals surface area contributed by atoms with Gasteiger partial charge in [-0.2, -0.15) is 0 Å². The first-order chi connectivity index (χ1) is 14.9. The van der Waals surface area contributed by atoms with Crippen LogP contribution >= 0.6 is 11.8 Å². The Morgan fingerprint density at radius 3 is 2.65 bits per heavy atom. The van der Waals surface area contributed by atoms with E-state index < -0.39 is 6.09 Å². The number of ether oxygens (including phenoxy) is 2. The molecule has 3 amide bonds. The standard InChI is InChI=1S/C18H23N3O4S.C3H6O2/c1-4-14-17(23)20(3)13-7-6-11(8-15(13)26-14)21-10-12(25-18(21)24)9-19-16(22)5-2;1-2-5-3-4/h6-8,12,14H,4-5,9-10H2,1-3H3,(H,19,22);3H,2H2,1H3. The number of anilines is 2. The number of fused-ring (bicyclic) bond motifs is 1. The van der Waals surface area contributed by atoms with Gasteiger partial charge >= 0.3 is 6.09 Å². The summed E-state index contributed by atoms with van der Waals surface area (Å²) in [4.78, 5) is 49.3. The first-order valence-electron chi connectivity index (χ1n) is 10.2. The summed E-state index contributed by atoms with van der Waals surface area (Å²) < 4.78 is 9.50. The SMILES string of the molecule is CCC(=O)NCC1CN(c2ccc3c(c2)SC(CC)C(=O)N3C)C(=O)O1.CCOC=O. The van der Waals surface area contributed by atoms with E-state index >= 15 is 0 Å². The molecule has 9 nitrogen and oxygen atoms in total. The average Bonchev–Trinajstić information content (AvgIpc) is 3.15. The molecule has 1 fully saturated rings. The maximum Gasteiger partial charge on any atom is 0.414 e. The Labute approximate surface area is 186 Å². The van der Waals surface area contributed by atoms with Crippen LogP contribution in [0.3, 0.4) is 0 Å². The molecule has 3 rings (SSSR count). The van der Waals surface area contributed by atoms with Gasteiger partial charge in [-0.1, -0.05) is 13.8 Å². The third kappa shape index (κ3) is 6.13. The fourth-order valence-electron chi connectivity index (χ4n) is 3.10. The molecule has 1 aromatic rings. The molecule has 0 bridgehead atoms. The van der Waals surface area contributed by atoms with E-state index in [1.807, 2.05) is 25.1 Å². The summed E-state index contributed by atoms with van der Waals surface area (Å²) in [5, 5.41) is 2.64. The van der Waals surface area contributed by atoms with Gasteiger partial charge in [-0.15, -0.1) is 11.8 Å². The van der Waals surface area contributed by atoms with E-state index in [1.54, 1.807) is 30.7 Å². The predicted octanol–water partition coefficient (Wildman–Crippen LogP) is 2.56. The second kappa shape index (κ2) is 11.6. The Bertz CT molecular complexity index is 818. The molecule has 0 aliphatic carbocycles. The van der Waals surface area contributed by atoms with E-state index in [0.29, 0.717) is 32.6 Å². The van der Waals surface area contributed by atoms with Crippen LogP contribution in [0.2, 0.25) is 0 Å². The van der Waals surface area contributed by atoms with Crippen LogP contribution in [0.4, 0.5) is 16.2 Å². The van der Waals surface area contributed by atoms with Crippen LogP contribution in [-0.2, 0) is 23.9 Å². The Balaban J connectivity index is 0.000000614. The second-order valence-electron chi connectivity index (χ2n) is 6.89. The highest BCUT2D eigenvalue weighted by molar-refractivity contribution is 8.01. The van der Waals surface area contributed by atoms with Crippen molar-refractivity contribution >= 4 is 47.5 Å². The Hall–Kier alpha value is -2.75. The van der Waals surface area contributed by atoms with Crippen molar-refractivity contribution in [3.8, 4) is 0 Å². The Morgan fingerprint density at radius 2 is 2.06 bits per heavy atom. The van der Waals surface area contributed by atoms with E-state index in [9.17, 15) is 19.2 Å². The summed E-state index contributed by atoms with van der Waals surface area (Å²) in [6.07, 6.45) is 0.368. The van der Waals surface area contributed by atoms with Gasteiger partial charge < -0.3 is 19.7 Å². The highest BCUT2D eigenvalue weighted by Gasteiger charge is 2.35. The zero-order valence-corrected chi connectivity index (χ0v) is 19.1. The molecule has 170 valence electrons. The van der Waals surface area contributed by atoms with Crippen LogP contribution in [-0.4, -0.2) is 62.5 Å². The predicted molar refractivity (Wildman–Crippen MR) is 118 cm³/mol. The minimum atomic E-state index is -0.419. The van der Waals surface area contributed by atoms with Crippen LogP contribution in [0.5, 0.6) is 0 Å². The summed E-state index contributed by atoms with van der Waals surface area (Å²) in [5.74, 6) is 0.0352. The largest absolute Gasteiger partial charge is 0.468 e. The van der Waals surface area contributed by atoms with Crippen molar-refractivity contribution in [3.63, 3.8) is 0 Å². The fourth-order valence-corrected chi connectivity index (χ4v) is 4.34. The van der Waals surface area contributed by atoms with Crippen LogP contribution in [0, 0.1) is 0 Å². The van der Waals surface area contributed by atoms with Gasteiger partial charge in [0.2, 0.25) is 11.8 Å². The third-order valence-corrected chi connectivity index (χ3v) is 6.22. The summed E-state index contributed by atoms with van der Waals surface area (Å²) in [6, 6.07) is 5.62. The molecule has 2 aliphatic rings. The lowest BCUT2D eigenvalue weighted by molar-refractivity contribution is -0.128. The molecule has 0 saturated carbocycles. The molecule has 2 aliphatic heterocycles. The van der Waals surface area contributed by atoms with Crippen molar-refractivity contribution < 1.29 is 28.7 Å². The van der Waals surface area contributed by atoms with Gasteiger partial charge in [-0.3, -0.25) is 19.3 Å². The molecule has 2 unspecified atom stereocenters. The normalized spacial score (nSPS) is 19.7. The van der Waals surface area contributed by atoms with E-state index in [-0.39, 0.29) is 23.2 Å². The number of cyclic esters (lactones) is 1. The van der Waals surface area contributed by atoms with E-state index in [1.165, 1.54) is 11.8 Å². The lowest BCUT2D eigenvalue weighted by atomic mass is 10.2. The van der Waals surface area contributed by atoms with Gasteiger partial charge in [0.05, 0.1) is 30.6 Å². The minimum Gasteiger partial charge on any atom is -0.468 e. The second-order valence-corrected chi connectivity index (χ2v) is 8.13. The van der Waals surface area contributed by atoms with Gasteiger partial charge in [-0.25, -0.2) is 4.79 Å². The lowest BCUT2D eigenvalue weighted by Gasteiger charge is -2.31. The first kappa shape index (κ1) is 24.5. The summed E-state index contributed by atoms with van der Waals surface area (Å²) in [5.41, 5.74) is 1.59. The molecule has 2 heterocycles. The number of nitrogens with one attached hydrogen (secondary N) is 1. The summed E-state index contributed by atoms with van der Waals surface area (Å²) in [6.45, 7) is 7.13. The van der Waals surface area contributed by atoms with Crippen molar-refractivity contribution in [1.82, 2.24) is 5.32 Å². The quantitative estimate of drug-likeness (QED) is 0.635. The van der Waals surface area contributed by atoms with Crippen molar-refractivity contribution in [2.45, 2.75) is 49.9 Å². The van der Waals surface area contributed by atoms with Crippen molar-refractivity contribution in [3.05, 3.63) is 18.2 Å². The van der Waals surface area contributed by atoms with Crippen molar-refractivity contribution in [1.29, 1.82) is 0 Å². The number of carbonyl (C=O) groups excluding carboxylic acids is 4. The van der Waals surface area contributed by atoms with E-state index in [4.69, 9.17) is 4.74 Å². The van der Waals surface area contributed by atoms with Crippen LogP contribution in [0.25, 0.3) is 0 Å². The number of hydrogen-bond acceptors (Lipinski definition) is 7. The maximum atomic E-state index is 12.3. The topological polar surface area (TPSA) is 105 Å². The average molecular weight is 452 g/mol. The molecular weight excluding hydrogens is 422 g/mol. The molecular formula is C21H29N3O6S. The molecule has 2 atom stereocenters. The minimum absolute atomic E-state index is 0.0667. The van der Waals surface area contributed by atoms with Gasteiger partial charge in [0.25, 0.3) is 6.47 Å². The molecule has 1 N–H and O–H groups in total. The molecule has 0 aromatic heterocycles. The summed E-state index contributed by atoms with van der Waals surface area (Å²) >= 11 is 1.53. The van der Waals surface area contributed by atoms with Gasteiger partial charge in [-0.05, 0) is 31.5 Å². The Morgan fingerprint density at radius 1 is 1.32 bits per heavy atom. The lowest BCUT2D eigenvalue weighted by Crippen LogP contribution is -2.38. The molecule has 1 aromatic carbocycles. The number of carbonyl (C=O) groups is 4. The molecule has 31 heavy (non-hydrogen) atoms. The first-order valence-corrected chi connectivity index (χ1v) is 11.1. The summed E-state index contributed by atoms with van der Waals surface area (Å²) in [7, 11) is 1.78. The number of nitrogens with zero attached hydrogens (tertiary/aromatic N) is 2. The number of amides is 3. The van der Waals surface area contributed by atoms with Crippen LogP contribution < -0.4 is 15.1 Å². The van der Waals surface area contributed by atoms with Crippen molar-refractivity contribution in [2.24, 2.45) is 0 Å². The zero-order valence-electron chi connectivity index (χ0n) is 18.3. The number of thioether (sulfide) groups is 1. The number of benzene rings is 1. The molecule has 0 spiro atoms. The third-order valence-electron chi connectivity index (χ3n) is 4.82. The van der Waals surface area contributed by atoms with Crippen molar-refractivity contribution in [2.75, 3.05) is 36.5 Å². The highest BCUT2D eigenvalue weighted by Crippen LogP contribution is 2.42. The van der Waals surface area contributed by atoms with Gasteiger partial charge in [0.15, 0.2) is 0 Å². The number of rotatable bonds is 7. The zero-order chi connectivity index (χ0) is 23.0. The van der Waals surface area contributed by atoms with E-state index in [0.717, 1.165) is 22.7 Å². The van der Waals surface area contributed by atoms with Crippen LogP contribution in [0.15, 0.2) is 23.1 Å². The number of hydrogen-bond donors (Lipinski definition) is 1. The Kier molecular flexibility index (Phi) is 9.17. The van der Waals surface area contributed by atoms with Gasteiger partial charge in [0.1, 0.15) is 6.10 Å². The smallest absolute Gasteiger partial charge is 0.414 e. The highest BCUT2D eigenvalue weighted by atomic mass is 32.2. The van der Waals surface area contributed by atoms with Crippen LogP contribution in [0.1, 0.15) is 33.6 Å². The molecule has 1 saturated heterocycles. The van der Waals surface area contributed by atoms with E-state index in [2.05, 4.69) is 10.1 Å². The molecule has 0 radical (unpaired) electrons. The monoisotopic (exact) mass is 451 g/mol. The van der Waals surface area contributed by atoms with Gasteiger partial charge in [0, 0.05) is 24.1 Å². The maximum absolute atomic E-state index is 12.3. The molecule has 10 heteroatoms.